The number of sulfonamides is 1. The van der Waals surface area contributed by atoms with Crippen molar-refractivity contribution in [2.75, 3.05) is 45.2 Å². The molecule has 2 aromatic rings. The van der Waals surface area contributed by atoms with Gasteiger partial charge in [-0.15, -0.1) is 0 Å². The molecule has 1 saturated heterocycles. The number of methoxy groups -OCH3 is 1. The predicted octanol–water partition coefficient (Wildman–Crippen LogP) is 0.362. The lowest BCUT2D eigenvalue weighted by molar-refractivity contribution is -0.895. The van der Waals surface area contributed by atoms with Gasteiger partial charge in [0.2, 0.25) is 10.0 Å². The molecule has 7 nitrogen and oxygen atoms in total. The Morgan fingerprint density at radius 3 is 2.43 bits per heavy atom. The maximum Gasteiger partial charge on any atom is 0.279 e. The number of hydrogen-bond donors (Lipinski definition) is 2. The lowest BCUT2D eigenvalue weighted by Crippen LogP contribution is -3.15. The summed E-state index contributed by atoms with van der Waals surface area (Å²) in [4.78, 5) is 13.4. The average Bonchev–Trinajstić information content (AvgIpc) is 2.69. The quantitative estimate of drug-likeness (QED) is 0.724. The van der Waals surface area contributed by atoms with Crippen LogP contribution in [0.1, 0.15) is 0 Å². The minimum absolute atomic E-state index is 0.0752. The zero-order valence-corrected chi connectivity index (χ0v) is 16.3. The fraction of sp³-hybridized carbons (Fsp3) is 0.316. The van der Waals surface area contributed by atoms with Gasteiger partial charge in [-0.3, -0.25) is 4.79 Å². The summed E-state index contributed by atoms with van der Waals surface area (Å²) in [6.07, 6.45) is 0. The summed E-state index contributed by atoms with van der Waals surface area (Å²) in [6, 6.07) is 12.0. The zero-order chi connectivity index (χ0) is 20.1. The number of halogens is 1. The maximum absolute atomic E-state index is 13.0. The molecule has 0 unspecified atom stereocenters. The van der Waals surface area contributed by atoms with Crippen LogP contribution in [0.25, 0.3) is 0 Å². The van der Waals surface area contributed by atoms with Crippen LogP contribution in [0, 0.1) is 5.82 Å². The number of piperazine rings is 1. The maximum atomic E-state index is 13.0. The van der Waals surface area contributed by atoms with E-state index in [1.807, 2.05) is 12.1 Å². The molecular weight excluding hydrogens is 385 g/mol. The number of carbonyl (C=O) groups excluding carboxylic acids is 1. The molecule has 0 radical (unpaired) electrons. The van der Waals surface area contributed by atoms with E-state index in [1.165, 1.54) is 23.5 Å². The van der Waals surface area contributed by atoms with Crippen molar-refractivity contribution < 1.29 is 27.2 Å². The fourth-order valence-corrected chi connectivity index (χ4v) is 4.59. The summed E-state index contributed by atoms with van der Waals surface area (Å²) in [5.74, 6) is -0.0512. The van der Waals surface area contributed by atoms with Gasteiger partial charge in [-0.1, -0.05) is 12.1 Å². The van der Waals surface area contributed by atoms with Gasteiger partial charge in [-0.2, -0.15) is 4.31 Å². The summed E-state index contributed by atoms with van der Waals surface area (Å²) in [5, 5.41) is 2.83. The van der Waals surface area contributed by atoms with Crippen LogP contribution in [0.2, 0.25) is 0 Å². The number of anilines is 1. The monoisotopic (exact) mass is 408 g/mol. The molecule has 28 heavy (non-hydrogen) atoms. The number of benzene rings is 2. The number of amides is 1. The molecule has 0 saturated carbocycles. The molecule has 1 amide bonds. The largest absolute Gasteiger partial charge is 0.495 e. The second-order valence-corrected chi connectivity index (χ2v) is 8.47. The van der Waals surface area contributed by atoms with Crippen LogP contribution in [0.3, 0.4) is 0 Å². The van der Waals surface area contributed by atoms with Crippen molar-refractivity contribution >= 4 is 21.6 Å². The lowest BCUT2D eigenvalue weighted by Gasteiger charge is -2.31. The number of hydrogen-bond acceptors (Lipinski definition) is 4. The molecule has 1 aliphatic rings. The third kappa shape index (κ3) is 4.67. The van der Waals surface area contributed by atoms with E-state index in [4.69, 9.17) is 4.74 Å². The molecule has 2 N–H and O–H groups in total. The Bertz CT molecular complexity index is 926. The number of nitrogens with zero attached hydrogens (tertiary/aromatic N) is 1. The van der Waals surface area contributed by atoms with Gasteiger partial charge >= 0.3 is 0 Å². The normalized spacial score (nSPS) is 15.9. The minimum Gasteiger partial charge on any atom is -0.495 e. The number of carbonyl (C=O) groups is 1. The third-order valence-electron chi connectivity index (χ3n) is 4.67. The molecule has 0 spiro atoms. The second kappa shape index (κ2) is 8.68. The SMILES string of the molecule is COc1ccccc1NC(=O)C[NH+]1CCN(S(=O)(=O)c2ccc(F)cc2)CC1. The van der Waals surface area contributed by atoms with Gasteiger partial charge in [0.1, 0.15) is 11.6 Å². The van der Waals surface area contributed by atoms with Crippen molar-refractivity contribution in [1.29, 1.82) is 0 Å². The molecule has 1 aliphatic heterocycles. The number of nitrogens with one attached hydrogen (secondary N) is 2. The zero-order valence-electron chi connectivity index (χ0n) is 15.5. The molecule has 1 heterocycles. The van der Waals surface area contributed by atoms with Crippen molar-refractivity contribution in [1.82, 2.24) is 4.31 Å². The molecule has 0 bridgehead atoms. The number of quaternary nitrogens is 1. The van der Waals surface area contributed by atoms with Crippen LogP contribution in [-0.4, -0.2) is 58.5 Å². The number of ether oxygens (including phenoxy) is 1. The van der Waals surface area contributed by atoms with E-state index in [1.54, 1.807) is 12.1 Å². The molecule has 150 valence electrons. The highest BCUT2D eigenvalue weighted by molar-refractivity contribution is 7.89. The van der Waals surface area contributed by atoms with Gasteiger partial charge in [0.25, 0.3) is 5.91 Å². The first-order valence-electron chi connectivity index (χ1n) is 8.92. The van der Waals surface area contributed by atoms with Crippen LogP contribution in [0.5, 0.6) is 5.75 Å². The topological polar surface area (TPSA) is 80.2 Å². The molecule has 0 atom stereocenters. The highest BCUT2D eigenvalue weighted by atomic mass is 32.2. The van der Waals surface area contributed by atoms with Gasteiger partial charge in [-0.05, 0) is 36.4 Å². The van der Waals surface area contributed by atoms with E-state index in [2.05, 4.69) is 5.32 Å². The summed E-state index contributed by atoms with van der Waals surface area (Å²) in [7, 11) is -2.11. The van der Waals surface area contributed by atoms with Crippen molar-refractivity contribution in [3.8, 4) is 5.75 Å². The Hall–Kier alpha value is -2.49. The summed E-state index contributed by atoms with van der Waals surface area (Å²) >= 11 is 0. The van der Waals surface area contributed by atoms with Crippen molar-refractivity contribution in [3.05, 3.63) is 54.3 Å². The van der Waals surface area contributed by atoms with E-state index < -0.39 is 15.8 Å². The molecule has 3 rings (SSSR count). The average molecular weight is 408 g/mol. The number of rotatable bonds is 6. The Morgan fingerprint density at radius 1 is 1.14 bits per heavy atom. The molecule has 1 fully saturated rings. The van der Waals surface area contributed by atoms with Crippen molar-refractivity contribution in [3.63, 3.8) is 0 Å². The highest BCUT2D eigenvalue weighted by Crippen LogP contribution is 2.22. The fourth-order valence-electron chi connectivity index (χ4n) is 3.14. The standard InChI is InChI=1S/C19H22FN3O4S/c1-27-18-5-3-2-4-17(18)21-19(24)14-22-10-12-23(13-11-22)28(25,26)16-8-6-15(20)7-9-16/h2-9H,10-14H2,1H3,(H,21,24)/p+1. The minimum atomic E-state index is -3.65. The number of para-hydroxylation sites is 2. The van der Waals surface area contributed by atoms with Crippen LogP contribution in [-0.2, 0) is 14.8 Å². The highest BCUT2D eigenvalue weighted by Gasteiger charge is 2.31. The van der Waals surface area contributed by atoms with Crippen LogP contribution >= 0.6 is 0 Å². The lowest BCUT2D eigenvalue weighted by atomic mass is 10.3. The Morgan fingerprint density at radius 2 is 1.79 bits per heavy atom. The van der Waals surface area contributed by atoms with E-state index in [0.29, 0.717) is 37.6 Å². The summed E-state index contributed by atoms with van der Waals surface area (Å²) in [6.45, 7) is 1.87. The predicted molar refractivity (Wildman–Crippen MR) is 102 cm³/mol. The first kappa shape index (κ1) is 20.2. The Kier molecular flexibility index (Phi) is 6.28. The van der Waals surface area contributed by atoms with Gasteiger partial charge in [0, 0.05) is 0 Å². The summed E-state index contributed by atoms with van der Waals surface area (Å²) in [5.41, 5.74) is 0.604. The summed E-state index contributed by atoms with van der Waals surface area (Å²) < 4.78 is 44.9. The molecule has 9 heteroatoms. The molecular formula is C19H23FN3O4S+. The van der Waals surface area contributed by atoms with E-state index in [9.17, 15) is 17.6 Å². The van der Waals surface area contributed by atoms with Gasteiger partial charge in [0.05, 0.1) is 43.9 Å². The third-order valence-corrected chi connectivity index (χ3v) is 6.59. The van der Waals surface area contributed by atoms with Crippen LogP contribution < -0.4 is 15.0 Å². The molecule has 2 aromatic carbocycles. The van der Waals surface area contributed by atoms with Crippen molar-refractivity contribution in [2.45, 2.75) is 4.90 Å². The second-order valence-electron chi connectivity index (χ2n) is 6.53. The van der Waals surface area contributed by atoms with Crippen LogP contribution in [0.4, 0.5) is 10.1 Å². The van der Waals surface area contributed by atoms with Gasteiger partial charge in [0.15, 0.2) is 6.54 Å². The Labute approximate surface area is 163 Å². The molecule has 0 aromatic heterocycles. The van der Waals surface area contributed by atoms with Gasteiger partial charge < -0.3 is 15.0 Å². The smallest absolute Gasteiger partial charge is 0.279 e. The van der Waals surface area contributed by atoms with Gasteiger partial charge in [-0.25, -0.2) is 12.8 Å². The Balaban J connectivity index is 1.55. The van der Waals surface area contributed by atoms with Crippen molar-refractivity contribution in [2.24, 2.45) is 0 Å². The first-order chi connectivity index (χ1) is 13.4. The molecule has 0 aliphatic carbocycles. The van der Waals surface area contributed by atoms with E-state index in [-0.39, 0.29) is 17.3 Å². The van der Waals surface area contributed by atoms with Crippen LogP contribution in [0.15, 0.2) is 53.4 Å². The first-order valence-corrected chi connectivity index (χ1v) is 10.4. The van der Waals surface area contributed by atoms with E-state index >= 15 is 0 Å². The van der Waals surface area contributed by atoms with E-state index in [0.717, 1.165) is 17.0 Å².